The molecular weight excluding hydrogens is 96.9 g/mol. The smallest absolute Gasteiger partial charge is 0.141 e. The molecule has 0 N–H and O–H groups in total. The Balaban J connectivity index is 3.08. The van der Waals surface area contributed by atoms with Crippen molar-refractivity contribution in [1.29, 1.82) is 0 Å². The van der Waals surface area contributed by atoms with E-state index >= 15 is 0 Å². The summed E-state index contributed by atoms with van der Waals surface area (Å²) in [6, 6.07) is 2.10. The van der Waals surface area contributed by atoms with Gasteiger partial charge in [-0.05, 0) is 12.5 Å². The van der Waals surface area contributed by atoms with E-state index in [-0.39, 0.29) is 0 Å². The normalized spacial score (nSPS) is 9.12. The third-order valence-electron chi connectivity index (χ3n) is 1.01. The molecule has 1 rings (SSSR count). The van der Waals surface area contributed by atoms with E-state index in [2.05, 4.69) is 11.1 Å². The zero-order chi connectivity index (χ0) is 5.98. The Kier molecular flexibility index (Phi) is 1.33. The first kappa shape index (κ1) is 5.35. The molecule has 8 heavy (non-hydrogen) atoms. The van der Waals surface area contributed by atoms with Crippen LogP contribution in [0.2, 0.25) is 0 Å². The maximum Gasteiger partial charge on any atom is 0.141 e. The molecule has 0 aliphatic heterocycles. The fourth-order valence-electron chi connectivity index (χ4n) is 0.706. The highest BCUT2D eigenvalue weighted by Crippen LogP contribution is 1.85. The van der Waals surface area contributed by atoms with Crippen LogP contribution >= 0.6 is 0 Å². The minimum atomic E-state index is 1.23. The minimum absolute atomic E-state index is 1.23. The summed E-state index contributed by atoms with van der Waals surface area (Å²) >= 11 is 0. The quantitative estimate of drug-likeness (QED) is 0.411. The topological polar surface area (TPSA) is 12.9 Å². The van der Waals surface area contributed by atoms with Crippen LogP contribution in [-0.4, -0.2) is 12.8 Å². The van der Waals surface area contributed by atoms with Crippen LogP contribution in [0.3, 0.4) is 0 Å². The van der Waals surface area contributed by atoms with E-state index in [0.717, 1.165) is 0 Å². The lowest BCUT2D eigenvalue weighted by Crippen LogP contribution is -2.01. The highest BCUT2D eigenvalue weighted by molar-refractivity contribution is 6.32. The second-order valence-corrected chi connectivity index (χ2v) is 2.04. The van der Waals surface area contributed by atoms with Gasteiger partial charge in [0.15, 0.2) is 0 Å². The van der Waals surface area contributed by atoms with Crippen molar-refractivity contribution in [2.45, 2.75) is 6.92 Å². The highest BCUT2D eigenvalue weighted by Gasteiger charge is 1.82. The van der Waals surface area contributed by atoms with Crippen LogP contribution in [0.4, 0.5) is 0 Å². The SMILES string of the molecule is Bc1cncc(C)c1. The maximum atomic E-state index is 3.98. The van der Waals surface area contributed by atoms with Gasteiger partial charge in [0.05, 0.1) is 0 Å². The Labute approximate surface area is 50.2 Å². The lowest BCUT2D eigenvalue weighted by Gasteiger charge is -1.90. The molecule has 0 unspecified atom stereocenters. The third kappa shape index (κ3) is 1.09. The number of pyridine rings is 1. The number of rotatable bonds is 0. The first-order valence-electron chi connectivity index (χ1n) is 2.67. The monoisotopic (exact) mass is 105 g/mol. The van der Waals surface area contributed by atoms with Crippen molar-refractivity contribution in [1.82, 2.24) is 4.98 Å². The minimum Gasteiger partial charge on any atom is -0.265 e. The molecule has 0 aromatic carbocycles. The van der Waals surface area contributed by atoms with Gasteiger partial charge in [-0.15, -0.1) is 0 Å². The molecule has 1 heterocycles. The first-order valence-corrected chi connectivity index (χ1v) is 2.67. The zero-order valence-electron chi connectivity index (χ0n) is 5.18. The van der Waals surface area contributed by atoms with Gasteiger partial charge in [-0.2, -0.15) is 0 Å². The summed E-state index contributed by atoms with van der Waals surface area (Å²) in [7, 11) is 2.04. The van der Waals surface area contributed by atoms with E-state index in [0.29, 0.717) is 0 Å². The molecule has 0 radical (unpaired) electrons. The second-order valence-electron chi connectivity index (χ2n) is 2.04. The Morgan fingerprint density at radius 2 is 2.25 bits per heavy atom. The van der Waals surface area contributed by atoms with Gasteiger partial charge in [0.25, 0.3) is 0 Å². The van der Waals surface area contributed by atoms with Crippen LogP contribution in [0.1, 0.15) is 5.56 Å². The van der Waals surface area contributed by atoms with E-state index in [4.69, 9.17) is 0 Å². The Hall–Kier alpha value is -0.785. The summed E-state index contributed by atoms with van der Waals surface area (Å²) in [5.41, 5.74) is 2.45. The number of aromatic nitrogens is 1. The first-order chi connectivity index (χ1) is 3.79. The Bertz CT molecular complexity index is 168. The number of hydrogen-bond acceptors (Lipinski definition) is 1. The van der Waals surface area contributed by atoms with E-state index in [1.807, 2.05) is 27.2 Å². The summed E-state index contributed by atoms with van der Waals surface area (Å²) in [4.78, 5) is 3.98. The lowest BCUT2D eigenvalue weighted by molar-refractivity contribution is 1.29. The average molecular weight is 105 g/mol. The summed E-state index contributed by atoms with van der Waals surface area (Å²) in [6.45, 7) is 2.04. The lowest BCUT2D eigenvalue weighted by atomic mass is 9.98. The molecular formula is C6H8BN. The van der Waals surface area contributed by atoms with Gasteiger partial charge in [0, 0.05) is 12.4 Å². The largest absolute Gasteiger partial charge is 0.265 e. The predicted molar refractivity (Wildman–Crippen MR) is 37.2 cm³/mol. The van der Waals surface area contributed by atoms with E-state index < -0.39 is 0 Å². The van der Waals surface area contributed by atoms with Crippen molar-refractivity contribution < 1.29 is 0 Å². The molecule has 1 aromatic heterocycles. The van der Waals surface area contributed by atoms with Crippen LogP contribution < -0.4 is 5.46 Å². The molecule has 0 saturated carbocycles. The van der Waals surface area contributed by atoms with Crippen molar-refractivity contribution in [3.8, 4) is 0 Å². The maximum absolute atomic E-state index is 3.98. The molecule has 0 amide bonds. The van der Waals surface area contributed by atoms with Crippen LogP contribution in [-0.2, 0) is 0 Å². The van der Waals surface area contributed by atoms with Gasteiger partial charge < -0.3 is 0 Å². The fourth-order valence-corrected chi connectivity index (χ4v) is 0.706. The van der Waals surface area contributed by atoms with Gasteiger partial charge in [0.1, 0.15) is 7.85 Å². The molecule has 0 fully saturated rings. The summed E-state index contributed by atoms with van der Waals surface area (Å²) < 4.78 is 0. The van der Waals surface area contributed by atoms with Crippen molar-refractivity contribution in [2.24, 2.45) is 0 Å². The van der Waals surface area contributed by atoms with Gasteiger partial charge in [0.2, 0.25) is 0 Å². The fraction of sp³-hybridized carbons (Fsp3) is 0.167. The molecule has 1 nitrogen and oxygen atoms in total. The average Bonchev–Trinajstić information content (AvgIpc) is 1.64. The van der Waals surface area contributed by atoms with E-state index in [9.17, 15) is 0 Å². The molecule has 0 bridgehead atoms. The standard InChI is InChI=1S/C6H8BN/c1-5-2-6(7)4-8-3-5/h2-4H,7H2,1H3. The van der Waals surface area contributed by atoms with Crippen LogP contribution in [0.15, 0.2) is 18.5 Å². The molecule has 0 aliphatic rings. The number of hydrogen-bond donors (Lipinski definition) is 0. The van der Waals surface area contributed by atoms with Crippen LogP contribution in [0.25, 0.3) is 0 Å². The molecule has 2 heteroatoms. The Morgan fingerprint density at radius 1 is 1.50 bits per heavy atom. The number of aryl methyl sites for hydroxylation is 1. The van der Waals surface area contributed by atoms with Crippen LogP contribution in [0, 0.1) is 6.92 Å². The third-order valence-corrected chi connectivity index (χ3v) is 1.01. The van der Waals surface area contributed by atoms with Crippen LogP contribution in [0.5, 0.6) is 0 Å². The summed E-state index contributed by atoms with van der Waals surface area (Å²) in [5.74, 6) is 0. The van der Waals surface area contributed by atoms with Gasteiger partial charge >= 0.3 is 0 Å². The van der Waals surface area contributed by atoms with Crippen molar-refractivity contribution in [2.75, 3.05) is 0 Å². The molecule has 0 spiro atoms. The van der Waals surface area contributed by atoms with E-state index in [1.165, 1.54) is 11.0 Å². The highest BCUT2D eigenvalue weighted by atomic mass is 14.6. The van der Waals surface area contributed by atoms with Crippen molar-refractivity contribution >= 4 is 13.3 Å². The molecule has 0 atom stereocenters. The molecule has 1 aromatic rings. The van der Waals surface area contributed by atoms with Gasteiger partial charge in [-0.3, -0.25) is 4.98 Å². The zero-order valence-corrected chi connectivity index (χ0v) is 5.18. The Morgan fingerprint density at radius 3 is 2.62 bits per heavy atom. The van der Waals surface area contributed by atoms with Crippen molar-refractivity contribution in [3.63, 3.8) is 0 Å². The second kappa shape index (κ2) is 1.99. The summed E-state index contributed by atoms with van der Waals surface area (Å²) in [6.07, 6.45) is 3.71. The molecule has 0 aliphatic carbocycles. The van der Waals surface area contributed by atoms with Crippen molar-refractivity contribution in [3.05, 3.63) is 24.0 Å². The molecule has 0 saturated heterocycles. The summed E-state index contributed by atoms with van der Waals surface area (Å²) in [5, 5.41) is 0. The van der Waals surface area contributed by atoms with E-state index in [1.54, 1.807) is 0 Å². The van der Waals surface area contributed by atoms with Gasteiger partial charge in [-0.25, -0.2) is 0 Å². The predicted octanol–water partition coefficient (Wildman–Crippen LogP) is -0.352. The number of nitrogens with zero attached hydrogens (tertiary/aromatic N) is 1. The van der Waals surface area contributed by atoms with Gasteiger partial charge in [-0.1, -0.05) is 11.5 Å². The molecule has 40 valence electrons.